The maximum absolute atomic E-state index is 11.9. The fraction of sp³-hybridized carbons (Fsp3) is 0.300. The van der Waals surface area contributed by atoms with Crippen molar-refractivity contribution in [2.45, 2.75) is 10.3 Å². The largest absolute Gasteiger partial charge is 0.493 e. The number of hydrogen-bond donors (Lipinski definition) is 2. The number of amides is 1. The van der Waals surface area contributed by atoms with E-state index in [0.717, 1.165) is 0 Å². The molecule has 1 aromatic rings. The topological polar surface area (TPSA) is 122 Å². The summed E-state index contributed by atoms with van der Waals surface area (Å²) in [6.45, 7) is 0. The van der Waals surface area contributed by atoms with E-state index >= 15 is 0 Å². The Kier molecular flexibility index (Phi) is 4.15. The van der Waals surface area contributed by atoms with E-state index in [0.29, 0.717) is 5.75 Å². The molecule has 1 amide bonds. The second kappa shape index (κ2) is 5.23. The molecule has 8 heteroatoms. The van der Waals surface area contributed by atoms with Gasteiger partial charge in [0.1, 0.15) is 0 Å². The first-order valence-corrected chi connectivity index (χ1v) is 6.40. The molecule has 4 N–H and O–H groups in total. The Morgan fingerprint density at radius 3 is 2.22 bits per heavy atom. The van der Waals surface area contributed by atoms with Gasteiger partial charge in [-0.2, -0.15) is 0 Å². The molecule has 0 aliphatic heterocycles. The van der Waals surface area contributed by atoms with Crippen molar-refractivity contribution in [2.24, 2.45) is 11.5 Å². The molecule has 0 aromatic heterocycles. The predicted molar refractivity (Wildman–Crippen MR) is 63.9 cm³/mol. The van der Waals surface area contributed by atoms with Crippen LogP contribution in [0.2, 0.25) is 0 Å². The Labute approximate surface area is 105 Å². The third kappa shape index (κ3) is 2.54. The Hall–Kier alpha value is -1.80. The zero-order valence-corrected chi connectivity index (χ0v) is 10.7. The van der Waals surface area contributed by atoms with Crippen molar-refractivity contribution in [3.05, 3.63) is 18.2 Å². The summed E-state index contributed by atoms with van der Waals surface area (Å²) in [6.07, 6.45) is 0. The van der Waals surface area contributed by atoms with Crippen molar-refractivity contribution in [1.82, 2.24) is 0 Å². The van der Waals surface area contributed by atoms with Crippen LogP contribution in [-0.4, -0.2) is 33.9 Å². The summed E-state index contributed by atoms with van der Waals surface area (Å²) in [5.41, 5.74) is 10.1. The second-order valence-corrected chi connectivity index (χ2v) is 5.45. The first-order valence-electron chi connectivity index (χ1n) is 4.85. The maximum atomic E-state index is 11.9. The van der Waals surface area contributed by atoms with E-state index in [-0.39, 0.29) is 10.6 Å². The molecule has 18 heavy (non-hydrogen) atoms. The highest BCUT2D eigenvalue weighted by molar-refractivity contribution is 7.92. The van der Waals surface area contributed by atoms with Crippen molar-refractivity contribution < 1.29 is 22.7 Å². The van der Waals surface area contributed by atoms with E-state index in [1.165, 1.54) is 32.4 Å². The van der Waals surface area contributed by atoms with Crippen molar-refractivity contribution in [3.63, 3.8) is 0 Å². The minimum absolute atomic E-state index is 0.161. The summed E-state index contributed by atoms with van der Waals surface area (Å²) in [5.74, 6) is -0.538. The van der Waals surface area contributed by atoms with Gasteiger partial charge in [0.15, 0.2) is 16.9 Å². The molecular weight excluding hydrogens is 260 g/mol. The van der Waals surface area contributed by atoms with Crippen LogP contribution in [0.3, 0.4) is 0 Å². The lowest BCUT2D eigenvalue weighted by Gasteiger charge is -2.12. The highest BCUT2D eigenvalue weighted by Crippen LogP contribution is 2.30. The Morgan fingerprint density at radius 1 is 1.22 bits per heavy atom. The van der Waals surface area contributed by atoms with Crippen LogP contribution in [0, 0.1) is 0 Å². The van der Waals surface area contributed by atoms with Crippen LogP contribution in [0.15, 0.2) is 23.1 Å². The number of hydrogen-bond acceptors (Lipinski definition) is 6. The Bertz CT molecular complexity index is 555. The molecule has 0 saturated carbocycles. The maximum Gasteiger partial charge on any atom is 0.250 e. The van der Waals surface area contributed by atoms with Gasteiger partial charge in [-0.25, -0.2) is 8.42 Å². The lowest BCUT2D eigenvalue weighted by atomic mass is 10.3. The molecule has 0 heterocycles. The molecule has 0 fully saturated rings. The molecule has 1 atom stereocenters. The van der Waals surface area contributed by atoms with E-state index in [9.17, 15) is 13.2 Å². The quantitative estimate of drug-likeness (QED) is 0.728. The number of carbonyl (C=O) groups excluding carboxylic acids is 1. The van der Waals surface area contributed by atoms with Crippen LogP contribution in [0.1, 0.15) is 0 Å². The zero-order valence-electron chi connectivity index (χ0n) is 9.91. The number of nitrogens with two attached hydrogens (primary N) is 2. The number of sulfone groups is 1. The predicted octanol–water partition coefficient (Wildman–Crippen LogP) is -0.752. The minimum Gasteiger partial charge on any atom is -0.493 e. The monoisotopic (exact) mass is 274 g/mol. The van der Waals surface area contributed by atoms with Crippen molar-refractivity contribution in [3.8, 4) is 11.5 Å². The molecule has 0 radical (unpaired) electrons. The molecule has 1 rings (SSSR count). The van der Waals surface area contributed by atoms with Gasteiger partial charge in [-0.3, -0.25) is 4.79 Å². The normalized spacial score (nSPS) is 12.8. The minimum atomic E-state index is -4.03. The summed E-state index contributed by atoms with van der Waals surface area (Å²) in [7, 11) is -1.25. The van der Waals surface area contributed by atoms with E-state index in [2.05, 4.69) is 0 Å². The van der Waals surface area contributed by atoms with Gasteiger partial charge < -0.3 is 20.9 Å². The molecule has 0 aliphatic rings. The van der Waals surface area contributed by atoms with Gasteiger partial charge in [-0.05, 0) is 12.1 Å². The van der Waals surface area contributed by atoms with Crippen molar-refractivity contribution in [1.29, 1.82) is 0 Å². The molecule has 1 aromatic carbocycles. The van der Waals surface area contributed by atoms with Gasteiger partial charge in [0.25, 0.3) is 0 Å². The standard InChI is InChI=1S/C10H14N2O5S/c1-16-7-4-3-6(5-8(7)17-2)18(14,15)10(12)9(11)13/h3-5,10H,12H2,1-2H3,(H2,11,13). The third-order valence-electron chi connectivity index (χ3n) is 2.30. The lowest BCUT2D eigenvalue weighted by Crippen LogP contribution is -2.43. The fourth-order valence-electron chi connectivity index (χ4n) is 1.29. The van der Waals surface area contributed by atoms with Crippen molar-refractivity contribution in [2.75, 3.05) is 14.2 Å². The van der Waals surface area contributed by atoms with E-state index in [4.69, 9.17) is 20.9 Å². The number of ether oxygens (including phenoxy) is 2. The highest BCUT2D eigenvalue weighted by atomic mass is 32.2. The molecule has 0 spiro atoms. The molecule has 100 valence electrons. The molecule has 1 unspecified atom stereocenters. The van der Waals surface area contributed by atoms with Gasteiger partial charge in [0, 0.05) is 6.07 Å². The number of primary amides is 1. The van der Waals surface area contributed by atoms with Crippen LogP contribution in [-0.2, 0) is 14.6 Å². The van der Waals surface area contributed by atoms with Gasteiger partial charge in [-0.15, -0.1) is 0 Å². The van der Waals surface area contributed by atoms with Crippen LogP contribution in [0.5, 0.6) is 11.5 Å². The highest BCUT2D eigenvalue weighted by Gasteiger charge is 2.29. The average molecular weight is 274 g/mol. The number of rotatable bonds is 5. The summed E-state index contributed by atoms with van der Waals surface area (Å²) >= 11 is 0. The Balaban J connectivity index is 3.30. The van der Waals surface area contributed by atoms with Crippen molar-refractivity contribution >= 4 is 15.7 Å². The summed E-state index contributed by atoms with van der Waals surface area (Å²) in [6, 6.07) is 3.88. The van der Waals surface area contributed by atoms with Crippen LogP contribution >= 0.6 is 0 Å². The van der Waals surface area contributed by atoms with Gasteiger partial charge in [0.2, 0.25) is 15.7 Å². The molecule has 0 saturated heterocycles. The summed E-state index contributed by atoms with van der Waals surface area (Å²) < 4.78 is 33.8. The van der Waals surface area contributed by atoms with Gasteiger partial charge in [0.05, 0.1) is 19.1 Å². The third-order valence-corrected chi connectivity index (χ3v) is 4.11. The SMILES string of the molecule is COc1ccc(S(=O)(=O)C(N)C(N)=O)cc1OC. The molecule has 0 bridgehead atoms. The van der Waals surface area contributed by atoms with E-state index in [1.807, 2.05) is 0 Å². The first-order chi connectivity index (χ1) is 8.34. The second-order valence-electron chi connectivity index (χ2n) is 3.38. The smallest absolute Gasteiger partial charge is 0.250 e. The number of benzene rings is 1. The van der Waals surface area contributed by atoms with E-state index < -0.39 is 21.1 Å². The summed E-state index contributed by atoms with van der Waals surface area (Å²) in [5, 5.41) is -1.80. The fourth-order valence-corrected chi connectivity index (χ4v) is 2.42. The first kappa shape index (κ1) is 14.3. The Morgan fingerprint density at radius 2 is 1.78 bits per heavy atom. The number of methoxy groups -OCH3 is 2. The van der Waals surface area contributed by atoms with E-state index in [1.54, 1.807) is 0 Å². The average Bonchev–Trinajstić information content (AvgIpc) is 2.36. The van der Waals surface area contributed by atoms with Gasteiger partial charge >= 0.3 is 0 Å². The number of carbonyl (C=O) groups is 1. The lowest BCUT2D eigenvalue weighted by molar-refractivity contribution is -0.117. The van der Waals surface area contributed by atoms with Crippen LogP contribution in [0.25, 0.3) is 0 Å². The van der Waals surface area contributed by atoms with Crippen LogP contribution < -0.4 is 20.9 Å². The van der Waals surface area contributed by atoms with Gasteiger partial charge in [-0.1, -0.05) is 0 Å². The molecular formula is C10H14N2O5S. The molecule has 0 aliphatic carbocycles. The van der Waals surface area contributed by atoms with Crippen LogP contribution in [0.4, 0.5) is 0 Å². The zero-order chi connectivity index (χ0) is 13.9. The molecule has 7 nitrogen and oxygen atoms in total. The summed E-state index contributed by atoms with van der Waals surface area (Å²) in [4.78, 5) is 10.7.